The van der Waals surface area contributed by atoms with Gasteiger partial charge in [0.25, 0.3) is 0 Å². The summed E-state index contributed by atoms with van der Waals surface area (Å²) in [6.07, 6.45) is 2.89. The Balaban J connectivity index is 1.84. The van der Waals surface area contributed by atoms with Gasteiger partial charge in [0.05, 0.1) is 0 Å². The summed E-state index contributed by atoms with van der Waals surface area (Å²) in [6.45, 7) is 2.11. The summed E-state index contributed by atoms with van der Waals surface area (Å²) in [4.78, 5) is 11.7. The summed E-state index contributed by atoms with van der Waals surface area (Å²) in [7, 11) is 0. The summed E-state index contributed by atoms with van der Waals surface area (Å²) in [5.74, 6) is 0.292. The summed E-state index contributed by atoms with van der Waals surface area (Å²) >= 11 is 6.14. The second kappa shape index (κ2) is 5.54. The molecule has 0 spiro atoms. The van der Waals surface area contributed by atoms with Crippen LogP contribution in [0.15, 0.2) is 30.3 Å². The Bertz CT molecular complexity index is 375. The van der Waals surface area contributed by atoms with Crippen LogP contribution < -0.4 is 5.32 Å². The van der Waals surface area contributed by atoms with E-state index in [2.05, 4.69) is 24.4 Å². The molecule has 1 fully saturated rings. The smallest absolute Gasteiger partial charge is 0.238 e. The highest BCUT2D eigenvalue weighted by Crippen LogP contribution is 2.24. The van der Waals surface area contributed by atoms with E-state index in [9.17, 15) is 4.79 Å². The zero-order valence-electron chi connectivity index (χ0n) is 10.0. The minimum absolute atomic E-state index is 0.0167. The molecule has 17 heavy (non-hydrogen) atoms. The van der Waals surface area contributed by atoms with Crippen molar-refractivity contribution >= 4 is 17.5 Å². The lowest BCUT2D eigenvalue weighted by atomic mass is 9.96. The van der Waals surface area contributed by atoms with Crippen molar-refractivity contribution in [3.8, 4) is 0 Å². The van der Waals surface area contributed by atoms with Crippen molar-refractivity contribution in [2.75, 3.05) is 0 Å². The molecular formula is C14H18ClNO. The number of carbonyl (C=O) groups excluding carboxylic acids is 1. The summed E-state index contributed by atoms with van der Waals surface area (Å²) in [5.41, 5.74) is 1.23. The van der Waals surface area contributed by atoms with Crippen molar-refractivity contribution in [1.29, 1.82) is 0 Å². The van der Waals surface area contributed by atoms with Crippen molar-refractivity contribution in [3.63, 3.8) is 0 Å². The Kier molecular flexibility index (Phi) is 4.06. The monoisotopic (exact) mass is 251 g/mol. The maximum Gasteiger partial charge on any atom is 0.238 e. The number of carbonyl (C=O) groups is 1. The molecule has 0 aliphatic heterocycles. The molecule has 1 amide bonds. The van der Waals surface area contributed by atoms with Crippen molar-refractivity contribution in [2.24, 2.45) is 0 Å². The Hall–Kier alpha value is -1.02. The first kappa shape index (κ1) is 12.4. The maximum absolute atomic E-state index is 11.7. The SMILES string of the molecule is CC(CC(Cl)C(=O)NC1CC1)c1ccccc1. The lowest BCUT2D eigenvalue weighted by Gasteiger charge is -2.15. The van der Waals surface area contributed by atoms with Crippen molar-refractivity contribution < 1.29 is 4.79 Å². The molecule has 92 valence electrons. The van der Waals surface area contributed by atoms with Crippen molar-refractivity contribution in [2.45, 2.75) is 43.5 Å². The highest BCUT2D eigenvalue weighted by Gasteiger charge is 2.27. The first-order chi connectivity index (χ1) is 8.16. The van der Waals surface area contributed by atoms with E-state index < -0.39 is 5.38 Å². The van der Waals surface area contributed by atoms with Crippen LogP contribution in [0.2, 0.25) is 0 Å². The van der Waals surface area contributed by atoms with Gasteiger partial charge in [0, 0.05) is 6.04 Å². The van der Waals surface area contributed by atoms with Crippen LogP contribution in [0.4, 0.5) is 0 Å². The van der Waals surface area contributed by atoms with E-state index in [1.54, 1.807) is 0 Å². The second-order valence-corrected chi connectivity index (χ2v) is 5.32. The zero-order chi connectivity index (χ0) is 12.3. The number of alkyl halides is 1. The lowest BCUT2D eigenvalue weighted by Crippen LogP contribution is -2.33. The van der Waals surface area contributed by atoms with E-state index in [1.165, 1.54) is 5.56 Å². The Morgan fingerprint density at radius 1 is 1.41 bits per heavy atom. The van der Waals surface area contributed by atoms with Gasteiger partial charge in [0.1, 0.15) is 5.38 Å². The van der Waals surface area contributed by atoms with Gasteiger partial charge < -0.3 is 5.32 Å². The third kappa shape index (κ3) is 3.74. The first-order valence-corrected chi connectivity index (χ1v) is 6.60. The number of rotatable bonds is 5. The second-order valence-electron chi connectivity index (χ2n) is 4.80. The van der Waals surface area contributed by atoms with Gasteiger partial charge >= 0.3 is 0 Å². The van der Waals surface area contributed by atoms with Gasteiger partial charge in [-0.3, -0.25) is 4.79 Å². The molecule has 2 rings (SSSR count). The fourth-order valence-electron chi connectivity index (χ4n) is 1.85. The quantitative estimate of drug-likeness (QED) is 0.801. The predicted molar refractivity (Wildman–Crippen MR) is 70.3 cm³/mol. The fraction of sp³-hybridized carbons (Fsp3) is 0.500. The van der Waals surface area contributed by atoms with Crippen LogP contribution >= 0.6 is 11.6 Å². The van der Waals surface area contributed by atoms with E-state index in [0.29, 0.717) is 18.4 Å². The first-order valence-electron chi connectivity index (χ1n) is 6.16. The molecule has 1 aromatic carbocycles. The number of benzene rings is 1. The standard InChI is InChI=1S/C14H18ClNO/c1-10(11-5-3-2-4-6-11)9-13(15)14(17)16-12-7-8-12/h2-6,10,12-13H,7-9H2,1H3,(H,16,17). The molecule has 2 atom stereocenters. The van der Waals surface area contributed by atoms with Gasteiger partial charge in [-0.2, -0.15) is 0 Å². The van der Waals surface area contributed by atoms with Crippen molar-refractivity contribution in [1.82, 2.24) is 5.32 Å². The summed E-state index contributed by atoms with van der Waals surface area (Å²) < 4.78 is 0. The molecule has 1 aliphatic carbocycles. The van der Waals surface area contributed by atoms with Gasteiger partial charge in [-0.1, -0.05) is 37.3 Å². The normalized spacial score (nSPS) is 18.5. The Labute approximate surface area is 107 Å². The summed E-state index contributed by atoms with van der Waals surface area (Å²) in [6, 6.07) is 10.6. The molecular weight excluding hydrogens is 234 g/mol. The topological polar surface area (TPSA) is 29.1 Å². The lowest BCUT2D eigenvalue weighted by molar-refractivity contribution is -0.121. The van der Waals surface area contributed by atoms with E-state index in [0.717, 1.165) is 12.8 Å². The number of hydrogen-bond donors (Lipinski definition) is 1. The van der Waals surface area contributed by atoms with Gasteiger partial charge in [0.2, 0.25) is 5.91 Å². The third-order valence-corrected chi connectivity index (χ3v) is 3.51. The van der Waals surface area contributed by atoms with E-state index in [-0.39, 0.29) is 5.91 Å². The molecule has 0 aromatic heterocycles. The van der Waals surface area contributed by atoms with Crippen LogP contribution in [0.1, 0.15) is 37.7 Å². The zero-order valence-corrected chi connectivity index (χ0v) is 10.8. The van der Waals surface area contributed by atoms with E-state index >= 15 is 0 Å². The molecule has 0 heterocycles. The van der Waals surface area contributed by atoms with Gasteiger partial charge in [-0.15, -0.1) is 11.6 Å². The Morgan fingerprint density at radius 2 is 2.06 bits per heavy atom. The average Bonchev–Trinajstić information content (AvgIpc) is 3.14. The van der Waals surface area contributed by atoms with Crippen LogP contribution in [0.5, 0.6) is 0 Å². The molecule has 1 saturated carbocycles. The number of hydrogen-bond acceptors (Lipinski definition) is 1. The summed E-state index contributed by atoms with van der Waals surface area (Å²) in [5, 5.41) is 2.51. The van der Waals surface area contributed by atoms with Crippen LogP contribution in [-0.2, 0) is 4.79 Å². The molecule has 0 radical (unpaired) electrons. The molecule has 1 aromatic rings. The van der Waals surface area contributed by atoms with Crippen molar-refractivity contribution in [3.05, 3.63) is 35.9 Å². The highest BCUT2D eigenvalue weighted by molar-refractivity contribution is 6.30. The van der Waals surface area contributed by atoms with E-state index in [1.807, 2.05) is 18.2 Å². The molecule has 2 nitrogen and oxygen atoms in total. The molecule has 1 N–H and O–H groups in total. The number of amides is 1. The van der Waals surface area contributed by atoms with Gasteiger partial charge in [-0.05, 0) is 30.7 Å². The predicted octanol–water partition coefficient (Wildman–Crippen LogP) is 3.07. The number of halogens is 1. The van der Waals surface area contributed by atoms with Crippen LogP contribution in [0, 0.1) is 0 Å². The number of nitrogens with one attached hydrogen (secondary N) is 1. The average molecular weight is 252 g/mol. The van der Waals surface area contributed by atoms with Crippen LogP contribution in [-0.4, -0.2) is 17.3 Å². The minimum atomic E-state index is -0.425. The fourth-order valence-corrected chi connectivity index (χ4v) is 2.18. The molecule has 0 bridgehead atoms. The van der Waals surface area contributed by atoms with Gasteiger partial charge in [-0.25, -0.2) is 0 Å². The Morgan fingerprint density at radius 3 is 2.65 bits per heavy atom. The largest absolute Gasteiger partial charge is 0.352 e. The molecule has 1 aliphatic rings. The highest BCUT2D eigenvalue weighted by atomic mass is 35.5. The van der Waals surface area contributed by atoms with E-state index in [4.69, 9.17) is 11.6 Å². The minimum Gasteiger partial charge on any atom is -0.352 e. The van der Waals surface area contributed by atoms with Crippen LogP contribution in [0.3, 0.4) is 0 Å². The molecule has 3 heteroatoms. The maximum atomic E-state index is 11.7. The van der Waals surface area contributed by atoms with Gasteiger partial charge in [0.15, 0.2) is 0 Å². The molecule has 2 unspecified atom stereocenters. The molecule has 0 saturated heterocycles. The third-order valence-electron chi connectivity index (χ3n) is 3.14. The van der Waals surface area contributed by atoms with Crippen LogP contribution in [0.25, 0.3) is 0 Å².